The van der Waals surface area contributed by atoms with Crippen LogP contribution in [0, 0.1) is 0 Å². The van der Waals surface area contributed by atoms with Crippen molar-refractivity contribution in [1.82, 2.24) is 9.88 Å². The number of benzene rings is 1. The van der Waals surface area contributed by atoms with Gasteiger partial charge in [-0.25, -0.2) is 0 Å². The molecule has 3 unspecified atom stereocenters. The van der Waals surface area contributed by atoms with Crippen molar-refractivity contribution in [2.24, 2.45) is 0 Å². The fourth-order valence-corrected chi connectivity index (χ4v) is 3.49. The van der Waals surface area contributed by atoms with E-state index in [0.29, 0.717) is 5.75 Å². The Morgan fingerprint density at radius 3 is 2.35 bits per heavy atom. The third kappa shape index (κ3) is 3.94. The van der Waals surface area contributed by atoms with Gasteiger partial charge in [0.25, 0.3) is 5.56 Å². The zero-order valence-corrected chi connectivity index (χ0v) is 16.7. The molecule has 1 heterocycles. The summed E-state index contributed by atoms with van der Waals surface area (Å²) in [6.07, 6.45) is 0.970. The first-order valence-corrected chi connectivity index (χ1v) is 9.51. The van der Waals surface area contributed by atoms with Gasteiger partial charge in [0.05, 0.1) is 18.7 Å². The summed E-state index contributed by atoms with van der Waals surface area (Å²) in [6.45, 7) is 10.3. The number of methoxy groups -OCH3 is 1. The lowest BCUT2D eigenvalue weighted by Crippen LogP contribution is -2.39. The zero-order chi connectivity index (χ0) is 19.4. The molecule has 0 aliphatic carbocycles. The van der Waals surface area contributed by atoms with Crippen molar-refractivity contribution in [2.45, 2.75) is 71.7 Å². The molecule has 1 aromatic heterocycles. The number of rotatable bonds is 8. The molecule has 1 aromatic carbocycles. The highest BCUT2D eigenvalue weighted by molar-refractivity contribution is 5.88. The average molecular weight is 360 g/mol. The molecule has 2 aromatic rings. The maximum absolute atomic E-state index is 12.6. The molecule has 26 heavy (non-hydrogen) atoms. The second-order valence-electron chi connectivity index (χ2n) is 7.20. The zero-order valence-electron chi connectivity index (χ0n) is 16.7. The van der Waals surface area contributed by atoms with Crippen molar-refractivity contribution in [1.29, 1.82) is 0 Å². The van der Waals surface area contributed by atoms with E-state index in [1.165, 1.54) is 0 Å². The predicted molar refractivity (Wildman–Crippen MR) is 107 cm³/mol. The third-order valence-corrected chi connectivity index (χ3v) is 5.02. The van der Waals surface area contributed by atoms with Gasteiger partial charge in [0, 0.05) is 29.6 Å². The average Bonchev–Trinajstić information content (AvgIpc) is 2.63. The first-order valence-electron chi connectivity index (χ1n) is 9.51. The number of aromatic nitrogens is 1. The Bertz CT molecular complexity index is 798. The highest BCUT2D eigenvalue weighted by Gasteiger charge is 2.24. The summed E-state index contributed by atoms with van der Waals surface area (Å²) in [5.74, 6) is 0.652. The van der Waals surface area contributed by atoms with Gasteiger partial charge in [0.1, 0.15) is 5.75 Å². The number of nitrogens with one attached hydrogen (secondary N) is 1. The van der Waals surface area contributed by atoms with Crippen molar-refractivity contribution in [3.8, 4) is 5.75 Å². The van der Waals surface area contributed by atoms with Crippen LogP contribution >= 0.6 is 0 Å². The van der Waals surface area contributed by atoms with Crippen molar-refractivity contribution in [3.05, 3.63) is 40.2 Å². The molecule has 0 fully saturated rings. The first-order chi connectivity index (χ1) is 12.3. The molecule has 2 rings (SSSR count). The Labute approximate surface area is 156 Å². The molecule has 0 amide bonds. The number of aliphatic hydroxyl groups excluding tert-OH is 1. The molecule has 0 aliphatic heterocycles. The van der Waals surface area contributed by atoms with Crippen LogP contribution in [0.4, 0.5) is 0 Å². The molecule has 0 saturated carbocycles. The standard InChI is InChI=1S/C21H32N2O3/c1-7-14(5)23-19(24)12-10-15-16(9-11-18(26-6)20(15)23)21(25)17(8-2)22-13(3)4/h9-14,17,21-22,25H,7-8H2,1-6H3. The van der Waals surface area contributed by atoms with Crippen LogP contribution in [-0.4, -0.2) is 28.9 Å². The van der Waals surface area contributed by atoms with E-state index < -0.39 is 6.10 Å². The van der Waals surface area contributed by atoms with Crippen LogP contribution in [-0.2, 0) is 0 Å². The van der Waals surface area contributed by atoms with Gasteiger partial charge >= 0.3 is 0 Å². The van der Waals surface area contributed by atoms with Crippen LogP contribution in [0.15, 0.2) is 29.1 Å². The fourth-order valence-electron chi connectivity index (χ4n) is 3.49. The number of hydrogen-bond donors (Lipinski definition) is 2. The van der Waals surface area contributed by atoms with Crippen LogP contribution in [0.5, 0.6) is 5.75 Å². The number of ether oxygens (including phenoxy) is 1. The van der Waals surface area contributed by atoms with Crippen molar-refractivity contribution < 1.29 is 9.84 Å². The Kier molecular flexibility index (Phi) is 6.84. The quantitative estimate of drug-likeness (QED) is 0.752. The van der Waals surface area contributed by atoms with E-state index >= 15 is 0 Å². The van der Waals surface area contributed by atoms with Crippen LogP contribution in [0.25, 0.3) is 10.9 Å². The van der Waals surface area contributed by atoms with Gasteiger partial charge in [-0.2, -0.15) is 0 Å². The number of nitrogens with zero attached hydrogens (tertiary/aromatic N) is 1. The lowest BCUT2D eigenvalue weighted by atomic mass is 9.95. The maximum atomic E-state index is 12.6. The molecule has 0 bridgehead atoms. The van der Waals surface area contributed by atoms with Gasteiger partial charge < -0.3 is 19.7 Å². The Hall–Kier alpha value is -1.85. The van der Waals surface area contributed by atoms with E-state index in [4.69, 9.17) is 4.74 Å². The molecule has 0 spiro atoms. The number of fused-ring (bicyclic) bond motifs is 1. The fraction of sp³-hybridized carbons (Fsp3) is 0.571. The maximum Gasteiger partial charge on any atom is 0.251 e. The summed E-state index contributed by atoms with van der Waals surface area (Å²) in [5, 5.41) is 15.3. The second-order valence-corrected chi connectivity index (χ2v) is 7.20. The summed E-state index contributed by atoms with van der Waals surface area (Å²) in [4.78, 5) is 12.6. The Morgan fingerprint density at radius 2 is 1.81 bits per heavy atom. The van der Waals surface area contributed by atoms with Gasteiger partial charge in [-0.1, -0.05) is 33.8 Å². The smallest absolute Gasteiger partial charge is 0.251 e. The van der Waals surface area contributed by atoms with Gasteiger partial charge in [0.2, 0.25) is 0 Å². The van der Waals surface area contributed by atoms with Crippen molar-refractivity contribution in [3.63, 3.8) is 0 Å². The van der Waals surface area contributed by atoms with Crippen LogP contribution in [0.1, 0.15) is 65.2 Å². The normalized spacial score (nSPS) is 15.2. The molecule has 0 radical (unpaired) electrons. The van der Waals surface area contributed by atoms with Gasteiger partial charge in [-0.15, -0.1) is 0 Å². The highest BCUT2D eigenvalue weighted by atomic mass is 16.5. The molecule has 0 aliphatic rings. The number of aliphatic hydroxyl groups is 1. The Morgan fingerprint density at radius 1 is 1.12 bits per heavy atom. The molecule has 144 valence electrons. The minimum Gasteiger partial charge on any atom is -0.495 e. The second kappa shape index (κ2) is 8.69. The molecular formula is C21H32N2O3. The van der Waals surface area contributed by atoms with E-state index in [1.807, 2.05) is 19.1 Å². The van der Waals surface area contributed by atoms with E-state index in [2.05, 4.69) is 33.0 Å². The van der Waals surface area contributed by atoms with E-state index in [0.717, 1.165) is 29.3 Å². The largest absolute Gasteiger partial charge is 0.495 e. The molecule has 5 nitrogen and oxygen atoms in total. The number of hydrogen-bond acceptors (Lipinski definition) is 4. The SMILES string of the molecule is CCC(NC(C)C)C(O)c1ccc(OC)c2c1ccc(=O)n2C(C)CC. The van der Waals surface area contributed by atoms with Gasteiger partial charge in [-0.05, 0) is 37.5 Å². The highest BCUT2D eigenvalue weighted by Crippen LogP contribution is 2.34. The van der Waals surface area contributed by atoms with Gasteiger partial charge in [0.15, 0.2) is 0 Å². The Balaban J connectivity index is 2.72. The monoisotopic (exact) mass is 360 g/mol. The summed E-state index contributed by atoms with van der Waals surface area (Å²) in [5.41, 5.74) is 1.52. The van der Waals surface area contributed by atoms with Crippen molar-refractivity contribution >= 4 is 10.9 Å². The summed E-state index contributed by atoms with van der Waals surface area (Å²) in [6, 6.07) is 7.40. The molecule has 2 N–H and O–H groups in total. The van der Waals surface area contributed by atoms with Crippen LogP contribution < -0.4 is 15.6 Å². The number of pyridine rings is 1. The lowest BCUT2D eigenvalue weighted by molar-refractivity contribution is 0.123. The van der Waals surface area contributed by atoms with Crippen molar-refractivity contribution in [2.75, 3.05) is 7.11 Å². The molecule has 3 atom stereocenters. The first kappa shape index (κ1) is 20.5. The lowest BCUT2D eigenvalue weighted by Gasteiger charge is -2.27. The van der Waals surface area contributed by atoms with Crippen LogP contribution in [0.3, 0.4) is 0 Å². The topological polar surface area (TPSA) is 63.5 Å². The minimum absolute atomic E-state index is 0.0447. The molecule has 0 saturated heterocycles. The molecule has 5 heteroatoms. The van der Waals surface area contributed by atoms with E-state index in [-0.39, 0.29) is 23.7 Å². The summed E-state index contributed by atoms with van der Waals surface area (Å²) < 4.78 is 7.33. The van der Waals surface area contributed by atoms with Crippen LogP contribution in [0.2, 0.25) is 0 Å². The summed E-state index contributed by atoms with van der Waals surface area (Å²) in [7, 11) is 1.61. The summed E-state index contributed by atoms with van der Waals surface area (Å²) >= 11 is 0. The minimum atomic E-state index is -0.668. The van der Waals surface area contributed by atoms with Gasteiger partial charge in [-0.3, -0.25) is 4.79 Å². The van der Waals surface area contributed by atoms with E-state index in [9.17, 15) is 9.90 Å². The molecular weight excluding hydrogens is 328 g/mol. The third-order valence-electron chi connectivity index (χ3n) is 5.02. The van der Waals surface area contributed by atoms with E-state index in [1.54, 1.807) is 23.8 Å². The predicted octanol–water partition coefficient (Wildman–Crippen LogP) is 3.79.